The Bertz CT molecular complexity index is 604. The van der Waals surface area contributed by atoms with Gasteiger partial charge in [-0.2, -0.15) is 0 Å². The van der Waals surface area contributed by atoms with Gasteiger partial charge in [-0.25, -0.2) is 4.98 Å². The van der Waals surface area contributed by atoms with Crippen molar-refractivity contribution in [2.75, 3.05) is 0 Å². The van der Waals surface area contributed by atoms with Gasteiger partial charge in [0, 0.05) is 5.56 Å². The summed E-state index contributed by atoms with van der Waals surface area (Å²) in [6, 6.07) is 3.22. The van der Waals surface area contributed by atoms with Gasteiger partial charge in [0.2, 0.25) is 0 Å². The molecule has 0 bridgehead atoms. The van der Waals surface area contributed by atoms with Gasteiger partial charge >= 0.3 is 0 Å². The molecule has 0 amide bonds. The van der Waals surface area contributed by atoms with Crippen molar-refractivity contribution in [2.45, 2.75) is 6.92 Å². The topological polar surface area (TPSA) is 62.8 Å². The van der Waals surface area contributed by atoms with Crippen LogP contribution in [0.2, 0.25) is 5.02 Å². The number of H-pyrrole nitrogens is 1. The fourth-order valence-electron chi connectivity index (χ4n) is 1.32. The Kier molecular flexibility index (Phi) is 2.28. The summed E-state index contributed by atoms with van der Waals surface area (Å²) in [6.45, 7) is 1.61. The zero-order chi connectivity index (χ0) is 11.0. The number of carbonyl (C=O) groups is 1. The van der Waals surface area contributed by atoms with Crippen LogP contribution in [-0.4, -0.2) is 16.3 Å². The molecule has 0 fully saturated rings. The average Bonchev–Trinajstić information content (AvgIpc) is 2.22. The van der Waals surface area contributed by atoms with Crippen LogP contribution in [0.5, 0.6) is 0 Å². The fourth-order valence-corrected chi connectivity index (χ4v) is 1.57. The fraction of sp³-hybridized carbons (Fsp3) is 0.100. The van der Waals surface area contributed by atoms with Gasteiger partial charge in [-0.15, -0.1) is 0 Å². The number of nitrogens with zero attached hydrogens (tertiary/aromatic N) is 1. The maximum Gasteiger partial charge on any atom is 0.269 e. The van der Waals surface area contributed by atoms with Gasteiger partial charge in [-0.3, -0.25) is 9.59 Å². The number of aromatic nitrogens is 2. The number of nitrogens with one attached hydrogen (secondary N) is 1. The zero-order valence-corrected chi connectivity index (χ0v) is 8.63. The Morgan fingerprint density at radius 3 is 2.87 bits per heavy atom. The second-order valence-electron chi connectivity index (χ2n) is 3.13. The van der Waals surface area contributed by atoms with E-state index in [1.165, 1.54) is 0 Å². The molecule has 0 aliphatic carbocycles. The van der Waals surface area contributed by atoms with Gasteiger partial charge in [-0.05, 0) is 19.1 Å². The van der Waals surface area contributed by atoms with Crippen LogP contribution in [0.3, 0.4) is 0 Å². The highest BCUT2D eigenvalue weighted by Gasteiger charge is 2.07. The molecule has 15 heavy (non-hydrogen) atoms. The molecule has 0 spiro atoms. The summed E-state index contributed by atoms with van der Waals surface area (Å²) in [5.74, 6) is 0. The molecule has 76 valence electrons. The first-order chi connectivity index (χ1) is 7.13. The highest BCUT2D eigenvalue weighted by Crippen LogP contribution is 2.22. The van der Waals surface area contributed by atoms with Gasteiger partial charge < -0.3 is 4.98 Å². The van der Waals surface area contributed by atoms with Crippen LogP contribution in [0.4, 0.5) is 0 Å². The van der Waals surface area contributed by atoms with E-state index in [2.05, 4.69) is 9.97 Å². The lowest BCUT2D eigenvalue weighted by atomic mass is 10.2. The number of halogens is 1. The minimum atomic E-state index is -0.299. The van der Waals surface area contributed by atoms with Gasteiger partial charge in [0.15, 0.2) is 6.29 Å². The third-order valence-electron chi connectivity index (χ3n) is 2.13. The third kappa shape index (κ3) is 1.53. The number of hydrogen-bond acceptors (Lipinski definition) is 3. The smallest absolute Gasteiger partial charge is 0.269 e. The van der Waals surface area contributed by atoms with Crippen molar-refractivity contribution in [2.24, 2.45) is 0 Å². The molecule has 4 nitrogen and oxygen atoms in total. The summed E-state index contributed by atoms with van der Waals surface area (Å²) in [5, 5.41) is 0.229. The summed E-state index contributed by atoms with van der Waals surface area (Å²) >= 11 is 5.92. The molecule has 0 saturated carbocycles. The van der Waals surface area contributed by atoms with Crippen LogP contribution in [0.15, 0.2) is 16.9 Å². The normalized spacial score (nSPS) is 10.5. The quantitative estimate of drug-likeness (QED) is 0.747. The molecule has 1 N–H and O–H groups in total. The number of hydrogen-bond donors (Lipinski definition) is 1. The van der Waals surface area contributed by atoms with Crippen molar-refractivity contribution in [3.8, 4) is 0 Å². The maximum atomic E-state index is 11.3. The van der Waals surface area contributed by atoms with Crippen LogP contribution in [0.1, 0.15) is 16.1 Å². The van der Waals surface area contributed by atoms with E-state index in [0.717, 1.165) is 0 Å². The number of aldehydes is 1. The standard InChI is InChI=1S/C10H7ClN2O2/c1-5-10(15)13-9-7(12-5)3-2-6(4-14)8(9)11/h2-4H,1H3,(H,13,15). The van der Waals surface area contributed by atoms with Crippen molar-refractivity contribution in [1.29, 1.82) is 0 Å². The van der Waals surface area contributed by atoms with Crippen molar-refractivity contribution in [3.63, 3.8) is 0 Å². The lowest BCUT2D eigenvalue weighted by Gasteiger charge is -2.02. The van der Waals surface area contributed by atoms with E-state index < -0.39 is 0 Å². The van der Waals surface area contributed by atoms with Crippen molar-refractivity contribution in [1.82, 2.24) is 9.97 Å². The first kappa shape index (κ1) is 9.86. The van der Waals surface area contributed by atoms with Gasteiger partial charge in [0.05, 0.1) is 16.1 Å². The molecule has 5 heteroatoms. The summed E-state index contributed by atoms with van der Waals surface area (Å²) in [6.07, 6.45) is 0.639. The SMILES string of the molecule is Cc1nc2ccc(C=O)c(Cl)c2[nH]c1=O. The minimum absolute atomic E-state index is 0.229. The van der Waals surface area contributed by atoms with Crippen LogP contribution in [0, 0.1) is 6.92 Å². The van der Waals surface area contributed by atoms with E-state index in [1.54, 1.807) is 19.1 Å². The second kappa shape index (κ2) is 3.47. The molecule has 1 aromatic carbocycles. The monoisotopic (exact) mass is 222 g/mol. The third-order valence-corrected chi connectivity index (χ3v) is 2.54. The molecular formula is C10H7ClN2O2. The molecule has 0 unspecified atom stereocenters. The summed E-state index contributed by atoms with van der Waals surface area (Å²) in [4.78, 5) is 28.6. The predicted octanol–water partition coefficient (Wildman–Crippen LogP) is 1.70. The number of aryl methyl sites for hydroxylation is 1. The molecule has 0 radical (unpaired) electrons. The largest absolute Gasteiger partial charge is 0.318 e. The van der Waals surface area contributed by atoms with E-state index in [4.69, 9.17) is 11.6 Å². The highest BCUT2D eigenvalue weighted by molar-refractivity contribution is 6.37. The Morgan fingerprint density at radius 1 is 1.47 bits per heavy atom. The number of aromatic amines is 1. The van der Waals surface area contributed by atoms with Gasteiger partial charge in [0.25, 0.3) is 5.56 Å². The molecule has 0 atom stereocenters. The van der Waals surface area contributed by atoms with Crippen LogP contribution in [-0.2, 0) is 0 Å². The highest BCUT2D eigenvalue weighted by atomic mass is 35.5. The number of fused-ring (bicyclic) bond motifs is 1. The average molecular weight is 223 g/mol. The van der Waals surface area contributed by atoms with Crippen molar-refractivity contribution in [3.05, 3.63) is 38.8 Å². The van der Waals surface area contributed by atoms with Crippen molar-refractivity contribution < 1.29 is 4.79 Å². The molecular weight excluding hydrogens is 216 g/mol. The van der Waals surface area contributed by atoms with Gasteiger partial charge in [-0.1, -0.05) is 11.6 Å². The molecule has 0 aliphatic heterocycles. The molecule has 0 aliphatic rings. The Labute approximate surface area is 89.9 Å². The van der Waals surface area contributed by atoms with Crippen molar-refractivity contribution >= 4 is 28.9 Å². The molecule has 1 aromatic heterocycles. The Morgan fingerprint density at radius 2 is 2.20 bits per heavy atom. The zero-order valence-electron chi connectivity index (χ0n) is 7.87. The lowest BCUT2D eigenvalue weighted by Crippen LogP contribution is -2.11. The number of benzene rings is 1. The first-order valence-electron chi connectivity index (χ1n) is 4.28. The number of carbonyl (C=O) groups excluding carboxylic acids is 1. The van der Waals surface area contributed by atoms with Crippen LogP contribution >= 0.6 is 11.6 Å². The van der Waals surface area contributed by atoms with E-state index in [1.807, 2.05) is 0 Å². The van der Waals surface area contributed by atoms with E-state index >= 15 is 0 Å². The van der Waals surface area contributed by atoms with E-state index in [0.29, 0.717) is 28.6 Å². The summed E-state index contributed by atoms with van der Waals surface area (Å²) in [5.41, 5.74) is 1.38. The molecule has 0 saturated heterocycles. The van der Waals surface area contributed by atoms with Gasteiger partial charge in [0.1, 0.15) is 5.69 Å². The maximum absolute atomic E-state index is 11.3. The summed E-state index contributed by atoms with van der Waals surface area (Å²) < 4.78 is 0. The van der Waals surface area contributed by atoms with Crippen LogP contribution < -0.4 is 5.56 Å². The van der Waals surface area contributed by atoms with E-state index in [-0.39, 0.29) is 10.6 Å². The summed E-state index contributed by atoms with van der Waals surface area (Å²) in [7, 11) is 0. The minimum Gasteiger partial charge on any atom is -0.318 e. The Hall–Kier alpha value is -1.68. The number of rotatable bonds is 1. The predicted molar refractivity (Wildman–Crippen MR) is 57.5 cm³/mol. The van der Waals surface area contributed by atoms with E-state index in [9.17, 15) is 9.59 Å². The molecule has 2 rings (SSSR count). The van der Waals surface area contributed by atoms with Crippen LogP contribution in [0.25, 0.3) is 11.0 Å². The molecule has 1 heterocycles. The molecule has 2 aromatic rings. The Balaban J connectivity index is 2.93. The second-order valence-corrected chi connectivity index (χ2v) is 3.51. The lowest BCUT2D eigenvalue weighted by molar-refractivity contribution is 0.112. The first-order valence-corrected chi connectivity index (χ1v) is 4.65.